The second kappa shape index (κ2) is 14.8. The molecule has 8 nitrogen and oxygen atoms in total. The first-order valence-electron chi connectivity index (χ1n) is 11.2. The van der Waals surface area contributed by atoms with Crippen molar-refractivity contribution in [2.75, 3.05) is 6.54 Å². The maximum absolute atomic E-state index is 13.2. The smallest absolute Gasteiger partial charge is 0.327 e. The van der Waals surface area contributed by atoms with Crippen LogP contribution in [0.4, 0.5) is 0 Å². The van der Waals surface area contributed by atoms with Crippen LogP contribution in [0, 0.1) is 11.8 Å². The maximum atomic E-state index is 13.2. The van der Waals surface area contributed by atoms with Gasteiger partial charge < -0.3 is 4.74 Å². The molecule has 34 heavy (non-hydrogen) atoms. The van der Waals surface area contributed by atoms with Crippen LogP contribution >= 0.6 is 0 Å². The number of esters is 1. The zero-order chi connectivity index (χ0) is 24.7. The number of nitrogens with zero attached hydrogens (tertiary/aromatic N) is 3. The summed E-state index contributed by atoms with van der Waals surface area (Å²) in [6.45, 7) is 2.47. The Morgan fingerprint density at radius 1 is 1.12 bits per heavy atom. The number of rotatable bonds is 13. The summed E-state index contributed by atoms with van der Waals surface area (Å²) in [7, 11) is -3.02. The van der Waals surface area contributed by atoms with Crippen LogP contribution in [-0.4, -0.2) is 26.5 Å². The molecule has 0 aliphatic carbocycles. The third-order valence-electron chi connectivity index (χ3n) is 5.18. The van der Waals surface area contributed by atoms with Crippen LogP contribution in [-0.2, 0) is 33.4 Å². The van der Waals surface area contributed by atoms with Gasteiger partial charge in [0.25, 0.3) is 0 Å². The number of hydrogen-bond acceptors (Lipinski definition) is 5. The van der Waals surface area contributed by atoms with E-state index < -0.39 is 22.4 Å². The van der Waals surface area contributed by atoms with Crippen LogP contribution in [0.1, 0.15) is 55.7 Å². The zero-order valence-corrected chi connectivity index (χ0v) is 20.2. The molecule has 2 aromatic carbocycles. The van der Waals surface area contributed by atoms with Crippen LogP contribution in [0.3, 0.4) is 0 Å². The Morgan fingerprint density at radius 3 is 2.50 bits per heavy atom. The first kappa shape index (κ1) is 26.9. The highest BCUT2D eigenvalue weighted by Crippen LogP contribution is 2.24. The summed E-state index contributed by atoms with van der Waals surface area (Å²) >= 11 is 0. The average Bonchev–Trinajstić information content (AvgIpc) is 2.84. The van der Waals surface area contributed by atoms with Crippen molar-refractivity contribution in [3.05, 3.63) is 81.7 Å². The third-order valence-corrected chi connectivity index (χ3v) is 5.79. The summed E-state index contributed by atoms with van der Waals surface area (Å²) in [5, 5.41) is 3.47. The molecule has 1 N–H and O–H groups in total. The first-order valence-corrected chi connectivity index (χ1v) is 12.4. The SMILES string of the molecule is CCCCC(Cc1ccc(C#CCCCN=[N+]=[N-])cc1)(N[SH](=O)=O)C(=O)OCc1ccccc1. The van der Waals surface area contributed by atoms with Gasteiger partial charge in [-0.3, -0.25) is 0 Å². The van der Waals surface area contributed by atoms with Gasteiger partial charge in [0.1, 0.15) is 12.1 Å². The fraction of sp³-hybridized carbons (Fsp3) is 0.400. The Balaban J connectivity index is 2.17. The van der Waals surface area contributed by atoms with Crippen LogP contribution in [0.15, 0.2) is 59.7 Å². The summed E-state index contributed by atoms with van der Waals surface area (Å²) in [5.41, 5.74) is 9.33. The van der Waals surface area contributed by atoms with Crippen LogP contribution in [0.25, 0.3) is 10.4 Å². The lowest BCUT2D eigenvalue weighted by molar-refractivity contribution is -0.152. The zero-order valence-electron chi connectivity index (χ0n) is 19.3. The number of unbranched alkanes of at least 4 members (excludes halogenated alkanes) is 2. The topological polar surface area (TPSA) is 121 Å². The molecular formula is C25H30N4O4S. The standard InChI is InChI=1S/C25H30N4O4S/c1-2-3-17-25(28-34(31)32,24(30)33-20-23-11-6-4-7-12-23)19-22-15-13-21(14-16-22)10-8-5-9-18-27-29-26/h4,6-7,11-16,34H,2-3,5,9,17-20H2,1H3,(H,28,31,32). The molecule has 0 aliphatic rings. The van der Waals surface area contributed by atoms with Gasteiger partial charge in [-0.15, -0.1) is 0 Å². The summed E-state index contributed by atoms with van der Waals surface area (Å²) in [4.78, 5) is 15.9. The van der Waals surface area contributed by atoms with E-state index in [1.54, 1.807) is 0 Å². The lowest BCUT2D eigenvalue weighted by Crippen LogP contribution is -2.54. The minimum Gasteiger partial charge on any atom is -0.459 e. The van der Waals surface area contributed by atoms with Gasteiger partial charge in [0.2, 0.25) is 10.9 Å². The molecule has 2 aromatic rings. The molecule has 0 saturated heterocycles. The van der Waals surface area contributed by atoms with Crippen molar-refractivity contribution >= 4 is 16.9 Å². The summed E-state index contributed by atoms with van der Waals surface area (Å²) in [6, 6.07) is 16.6. The van der Waals surface area contributed by atoms with E-state index in [4.69, 9.17) is 10.3 Å². The average molecular weight is 483 g/mol. The molecule has 9 heteroatoms. The number of azide groups is 1. The molecule has 0 bridgehead atoms. The third kappa shape index (κ3) is 9.28. The van der Waals surface area contributed by atoms with Crippen molar-refractivity contribution in [3.63, 3.8) is 0 Å². The van der Waals surface area contributed by atoms with E-state index in [1.807, 2.05) is 61.5 Å². The molecule has 0 amide bonds. The van der Waals surface area contributed by atoms with Gasteiger partial charge in [-0.2, -0.15) is 4.72 Å². The van der Waals surface area contributed by atoms with E-state index in [0.29, 0.717) is 32.2 Å². The number of benzene rings is 2. The quantitative estimate of drug-likeness (QED) is 0.0832. The molecular weight excluding hydrogens is 452 g/mol. The van der Waals surface area contributed by atoms with Crippen molar-refractivity contribution in [2.45, 2.75) is 57.6 Å². The van der Waals surface area contributed by atoms with E-state index in [1.165, 1.54) is 0 Å². The lowest BCUT2D eigenvalue weighted by atomic mass is 9.86. The number of carbonyl (C=O) groups excluding carboxylic acids is 1. The molecule has 0 spiro atoms. The van der Waals surface area contributed by atoms with E-state index in [0.717, 1.165) is 23.1 Å². The van der Waals surface area contributed by atoms with Crippen molar-refractivity contribution in [2.24, 2.45) is 5.11 Å². The number of thiol groups is 1. The Morgan fingerprint density at radius 2 is 1.85 bits per heavy atom. The minimum absolute atomic E-state index is 0.0685. The summed E-state index contributed by atoms with van der Waals surface area (Å²) < 4.78 is 31.4. The molecule has 2 rings (SSSR count). The van der Waals surface area contributed by atoms with Gasteiger partial charge in [-0.05, 0) is 41.6 Å². The van der Waals surface area contributed by atoms with Crippen LogP contribution in [0.2, 0.25) is 0 Å². The van der Waals surface area contributed by atoms with Crippen molar-refractivity contribution in [1.29, 1.82) is 0 Å². The molecule has 0 radical (unpaired) electrons. The van der Waals surface area contributed by atoms with E-state index in [2.05, 4.69) is 26.6 Å². The number of carbonyl (C=O) groups is 1. The van der Waals surface area contributed by atoms with Gasteiger partial charge in [-0.25, -0.2) is 13.2 Å². The van der Waals surface area contributed by atoms with E-state index >= 15 is 0 Å². The van der Waals surface area contributed by atoms with Gasteiger partial charge in [-0.1, -0.05) is 79.2 Å². The number of ether oxygens (including phenoxy) is 1. The highest BCUT2D eigenvalue weighted by Gasteiger charge is 2.40. The molecule has 0 fully saturated rings. The molecule has 0 aromatic heterocycles. The predicted molar refractivity (Wildman–Crippen MR) is 132 cm³/mol. The van der Waals surface area contributed by atoms with E-state index in [-0.39, 0.29) is 13.0 Å². The minimum atomic E-state index is -3.02. The Labute approximate surface area is 202 Å². The lowest BCUT2D eigenvalue weighted by Gasteiger charge is -2.30. The van der Waals surface area contributed by atoms with Crippen molar-refractivity contribution < 1.29 is 17.9 Å². The monoisotopic (exact) mass is 482 g/mol. The fourth-order valence-electron chi connectivity index (χ4n) is 3.42. The second-order valence-corrected chi connectivity index (χ2v) is 8.59. The molecule has 1 atom stereocenters. The maximum Gasteiger partial charge on any atom is 0.327 e. The molecule has 0 saturated carbocycles. The molecule has 0 heterocycles. The predicted octanol–water partition coefficient (Wildman–Crippen LogP) is 4.46. The highest BCUT2D eigenvalue weighted by molar-refractivity contribution is 7.70. The number of hydrogen-bond donors (Lipinski definition) is 2. The van der Waals surface area contributed by atoms with Gasteiger partial charge in [0.05, 0.1) is 0 Å². The molecule has 1 unspecified atom stereocenters. The summed E-state index contributed by atoms with van der Waals surface area (Å²) in [6.07, 6.45) is 3.28. The van der Waals surface area contributed by atoms with Gasteiger partial charge in [0.15, 0.2) is 0 Å². The molecule has 0 aliphatic heterocycles. The number of nitrogens with one attached hydrogen (secondary N) is 1. The van der Waals surface area contributed by atoms with Gasteiger partial charge >= 0.3 is 5.97 Å². The normalized spacial score (nSPS) is 12.2. The molecule has 180 valence electrons. The first-order chi connectivity index (χ1) is 16.5. The van der Waals surface area contributed by atoms with E-state index in [9.17, 15) is 13.2 Å². The van der Waals surface area contributed by atoms with Crippen molar-refractivity contribution in [1.82, 2.24) is 4.72 Å². The Hall–Kier alpha value is -3.31. The second-order valence-electron chi connectivity index (χ2n) is 7.85. The van der Waals surface area contributed by atoms with Crippen molar-refractivity contribution in [3.8, 4) is 11.8 Å². The highest BCUT2D eigenvalue weighted by atomic mass is 32.2. The Kier molecular flexibility index (Phi) is 11.7. The van der Waals surface area contributed by atoms with Gasteiger partial charge in [0, 0.05) is 29.9 Å². The fourth-order valence-corrected chi connectivity index (χ4v) is 4.05. The largest absolute Gasteiger partial charge is 0.459 e. The summed E-state index contributed by atoms with van der Waals surface area (Å²) in [5.74, 6) is 5.49. The Bertz CT molecular complexity index is 1090. The van der Waals surface area contributed by atoms with Crippen LogP contribution in [0.5, 0.6) is 0 Å². The van der Waals surface area contributed by atoms with Crippen LogP contribution < -0.4 is 4.72 Å².